The first-order valence-electron chi connectivity index (χ1n) is 2.37. The van der Waals surface area contributed by atoms with Crippen molar-refractivity contribution in [2.75, 3.05) is 0 Å². The zero-order valence-corrected chi connectivity index (χ0v) is 4.83. The van der Waals surface area contributed by atoms with E-state index >= 15 is 0 Å². The maximum Gasteiger partial charge on any atom is 0.211 e. The van der Waals surface area contributed by atoms with E-state index in [1.54, 1.807) is 6.21 Å². The van der Waals surface area contributed by atoms with Crippen molar-refractivity contribution in [1.29, 1.82) is 0 Å². The van der Waals surface area contributed by atoms with Gasteiger partial charge in [-0.1, -0.05) is 6.92 Å². The largest absolute Gasteiger partial charge is 0.369 e. The molecule has 4 nitrogen and oxygen atoms in total. The molecule has 46 valence electrons. The minimum absolute atomic E-state index is 0.00491. The van der Waals surface area contributed by atoms with Gasteiger partial charge in [0, 0.05) is 6.21 Å². The molecule has 8 heavy (non-hydrogen) atoms. The van der Waals surface area contributed by atoms with Crippen LogP contribution in [0, 0.1) is 0 Å². The maximum absolute atomic E-state index is 4.95. The second-order valence-corrected chi connectivity index (χ2v) is 1.23. The van der Waals surface area contributed by atoms with Crippen molar-refractivity contribution in [1.82, 2.24) is 0 Å². The zero-order valence-electron chi connectivity index (χ0n) is 4.83. The summed E-state index contributed by atoms with van der Waals surface area (Å²) in [6.45, 7) is 1.95. The summed E-state index contributed by atoms with van der Waals surface area (Å²) in [5.41, 5.74) is 9.89. The Bertz CT molecular complexity index is 101. The van der Waals surface area contributed by atoms with Crippen LogP contribution >= 0.6 is 0 Å². The Morgan fingerprint density at radius 2 is 2.25 bits per heavy atom. The van der Waals surface area contributed by atoms with Crippen molar-refractivity contribution in [2.45, 2.75) is 13.3 Å². The summed E-state index contributed by atoms with van der Waals surface area (Å²) in [5, 5.41) is 6.86. The highest BCUT2D eigenvalue weighted by molar-refractivity contribution is 5.76. The Morgan fingerprint density at radius 1 is 1.62 bits per heavy atom. The fourth-order valence-electron chi connectivity index (χ4n) is 0.189. The number of guanidine groups is 1. The lowest BCUT2D eigenvalue weighted by Crippen LogP contribution is -2.21. The SMILES string of the molecule is CC/C=N/N=C(N)N. The summed E-state index contributed by atoms with van der Waals surface area (Å²) in [7, 11) is 0. The molecule has 0 heterocycles. The Labute approximate surface area is 48.3 Å². The Kier molecular flexibility index (Phi) is 3.56. The summed E-state index contributed by atoms with van der Waals surface area (Å²) in [4.78, 5) is 0. The average molecular weight is 114 g/mol. The molecule has 0 saturated heterocycles. The first-order chi connectivity index (χ1) is 3.77. The molecule has 0 atom stereocenters. The van der Waals surface area contributed by atoms with Gasteiger partial charge in [-0.3, -0.25) is 0 Å². The summed E-state index contributed by atoms with van der Waals surface area (Å²) >= 11 is 0. The van der Waals surface area contributed by atoms with E-state index in [1.165, 1.54) is 0 Å². The van der Waals surface area contributed by atoms with Crippen LogP contribution in [0.5, 0.6) is 0 Å². The van der Waals surface area contributed by atoms with Gasteiger partial charge >= 0.3 is 0 Å². The van der Waals surface area contributed by atoms with Gasteiger partial charge in [0.15, 0.2) is 0 Å². The predicted octanol–water partition coefficient (Wildman–Crippen LogP) is -0.344. The molecule has 0 amide bonds. The van der Waals surface area contributed by atoms with Gasteiger partial charge < -0.3 is 11.5 Å². The van der Waals surface area contributed by atoms with Crippen LogP contribution in [0.1, 0.15) is 13.3 Å². The van der Waals surface area contributed by atoms with E-state index in [0.29, 0.717) is 0 Å². The van der Waals surface area contributed by atoms with Gasteiger partial charge in [0.2, 0.25) is 5.96 Å². The van der Waals surface area contributed by atoms with Gasteiger partial charge in [0.1, 0.15) is 0 Å². The number of rotatable bonds is 2. The molecule has 0 aliphatic rings. The highest BCUT2D eigenvalue weighted by Gasteiger charge is 1.70. The molecule has 0 spiro atoms. The first kappa shape index (κ1) is 6.94. The zero-order chi connectivity index (χ0) is 6.41. The summed E-state index contributed by atoms with van der Waals surface area (Å²) in [6, 6.07) is 0. The highest BCUT2D eigenvalue weighted by atomic mass is 15.3. The normalized spacial score (nSPS) is 9.62. The van der Waals surface area contributed by atoms with Crippen molar-refractivity contribution in [2.24, 2.45) is 21.7 Å². The summed E-state index contributed by atoms with van der Waals surface area (Å²) < 4.78 is 0. The lowest BCUT2D eigenvalue weighted by Gasteiger charge is -1.80. The fourth-order valence-corrected chi connectivity index (χ4v) is 0.189. The second-order valence-electron chi connectivity index (χ2n) is 1.23. The molecule has 0 radical (unpaired) electrons. The van der Waals surface area contributed by atoms with E-state index in [4.69, 9.17) is 11.5 Å². The molecule has 0 aromatic carbocycles. The Morgan fingerprint density at radius 3 is 2.62 bits per heavy atom. The third-order valence-corrected chi connectivity index (χ3v) is 0.437. The minimum Gasteiger partial charge on any atom is -0.369 e. The second kappa shape index (κ2) is 4.11. The molecule has 0 unspecified atom stereocenters. The fraction of sp³-hybridized carbons (Fsp3) is 0.500. The van der Waals surface area contributed by atoms with Crippen molar-refractivity contribution >= 4 is 12.2 Å². The topological polar surface area (TPSA) is 76.8 Å². The van der Waals surface area contributed by atoms with Crippen LogP contribution in [0.15, 0.2) is 10.2 Å². The molecule has 0 aliphatic carbocycles. The van der Waals surface area contributed by atoms with E-state index in [1.807, 2.05) is 6.92 Å². The van der Waals surface area contributed by atoms with Crippen LogP contribution in [0.3, 0.4) is 0 Å². The van der Waals surface area contributed by atoms with Crippen LogP contribution in [-0.2, 0) is 0 Å². The van der Waals surface area contributed by atoms with Gasteiger partial charge in [-0.15, -0.1) is 5.10 Å². The molecular formula is C4H10N4. The molecule has 0 rings (SSSR count). The number of nitrogens with zero attached hydrogens (tertiary/aromatic N) is 2. The van der Waals surface area contributed by atoms with E-state index in [9.17, 15) is 0 Å². The van der Waals surface area contributed by atoms with E-state index in [-0.39, 0.29) is 5.96 Å². The molecule has 4 N–H and O–H groups in total. The first-order valence-corrected chi connectivity index (χ1v) is 2.37. The van der Waals surface area contributed by atoms with Crippen LogP contribution < -0.4 is 11.5 Å². The lowest BCUT2D eigenvalue weighted by atomic mass is 10.6. The van der Waals surface area contributed by atoms with Crippen LogP contribution in [0.4, 0.5) is 0 Å². The van der Waals surface area contributed by atoms with Gasteiger partial charge in [-0.05, 0) is 6.42 Å². The standard InChI is InChI=1S/C4H10N4/c1-2-3-7-8-4(5)6/h3H,2H2,1H3,(H4,5,6,8)/b7-3+. The van der Waals surface area contributed by atoms with Gasteiger partial charge in [0.25, 0.3) is 0 Å². The highest BCUT2D eigenvalue weighted by Crippen LogP contribution is 1.69. The summed E-state index contributed by atoms with van der Waals surface area (Å²) in [6.07, 6.45) is 2.47. The Hall–Kier alpha value is -1.06. The maximum atomic E-state index is 4.95. The van der Waals surface area contributed by atoms with E-state index in [0.717, 1.165) is 6.42 Å². The molecule has 0 aromatic heterocycles. The predicted molar refractivity (Wildman–Crippen MR) is 34.6 cm³/mol. The molecule has 0 bridgehead atoms. The molecule has 0 aromatic rings. The number of nitrogens with two attached hydrogens (primary N) is 2. The molecule has 0 fully saturated rings. The number of hydrogen-bond acceptors (Lipinski definition) is 2. The third kappa shape index (κ3) is 4.94. The van der Waals surface area contributed by atoms with Crippen LogP contribution in [0.25, 0.3) is 0 Å². The number of hydrogen-bond donors (Lipinski definition) is 2. The van der Waals surface area contributed by atoms with Gasteiger partial charge in [-0.2, -0.15) is 5.10 Å². The van der Waals surface area contributed by atoms with Crippen LogP contribution in [0.2, 0.25) is 0 Å². The van der Waals surface area contributed by atoms with Crippen molar-refractivity contribution in [3.05, 3.63) is 0 Å². The smallest absolute Gasteiger partial charge is 0.211 e. The third-order valence-electron chi connectivity index (χ3n) is 0.437. The lowest BCUT2D eigenvalue weighted by molar-refractivity contribution is 1.18. The molecular weight excluding hydrogens is 104 g/mol. The summed E-state index contributed by atoms with van der Waals surface area (Å²) in [5.74, 6) is -0.00491. The van der Waals surface area contributed by atoms with Crippen molar-refractivity contribution < 1.29 is 0 Å². The van der Waals surface area contributed by atoms with Crippen molar-refractivity contribution in [3.63, 3.8) is 0 Å². The quantitative estimate of drug-likeness (QED) is 0.292. The molecule has 0 saturated carbocycles. The minimum atomic E-state index is -0.00491. The molecule has 4 heteroatoms. The molecule has 0 aliphatic heterocycles. The van der Waals surface area contributed by atoms with Crippen molar-refractivity contribution in [3.8, 4) is 0 Å². The monoisotopic (exact) mass is 114 g/mol. The van der Waals surface area contributed by atoms with E-state index in [2.05, 4.69) is 10.2 Å². The van der Waals surface area contributed by atoms with Crippen LogP contribution in [-0.4, -0.2) is 12.2 Å². The van der Waals surface area contributed by atoms with E-state index < -0.39 is 0 Å². The van der Waals surface area contributed by atoms with Gasteiger partial charge in [0.05, 0.1) is 0 Å². The average Bonchev–Trinajstić information content (AvgIpc) is 1.66. The Balaban J connectivity index is 3.42. The van der Waals surface area contributed by atoms with Gasteiger partial charge in [-0.25, -0.2) is 0 Å².